The van der Waals surface area contributed by atoms with Crippen LogP contribution in [0.25, 0.3) is 0 Å². The predicted octanol–water partition coefficient (Wildman–Crippen LogP) is 2.45. The van der Waals surface area contributed by atoms with Crippen molar-refractivity contribution in [2.45, 2.75) is 18.7 Å². The van der Waals surface area contributed by atoms with Crippen molar-refractivity contribution in [3.8, 4) is 5.75 Å². The first kappa shape index (κ1) is 18.4. The maximum absolute atomic E-state index is 12.1. The Morgan fingerprint density at radius 3 is 2.38 bits per heavy atom. The van der Waals surface area contributed by atoms with E-state index >= 15 is 0 Å². The highest BCUT2D eigenvalue weighted by Gasteiger charge is 2.15. The number of rotatable bonds is 6. The summed E-state index contributed by atoms with van der Waals surface area (Å²) in [4.78, 5) is 13.9. The van der Waals surface area contributed by atoms with Gasteiger partial charge in [-0.05, 0) is 43.2 Å². The lowest BCUT2D eigenvalue weighted by molar-refractivity contribution is -0.123. The average molecular weight is 413 g/mol. The number of amides is 1. The molecular weight excluding hydrogens is 396 g/mol. The van der Waals surface area contributed by atoms with Crippen LogP contribution in [0.4, 0.5) is 0 Å². The number of sulfonamides is 1. The molecule has 8 heteroatoms. The van der Waals surface area contributed by atoms with Crippen molar-refractivity contribution < 1.29 is 17.9 Å². The lowest BCUT2D eigenvalue weighted by Gasteiger charge is -2.12. The maximum atomic E-state index is 12.1. The van der Waals surface area contributed by atoms with Crippen LogP contribution >= 0.6 is 15.9 Å². The Balaban J connectivity index is 1.94. The van der Waals surface area contributed by atoms with Crippen LogP contribution in [-0.4, -0.2) is 20.9 Å². The Morgan fingerprint density at radius 2 is 1.75 bits per heavy atom. The van der Waals surface area contributed by atoms with Gasteiger partial charge in [-0.1, -0.05) is 40.2 Å². The summed E-state index contributed by atoms with van der Waals surface area (Å²) in [6.07, 6.45) is 0. The fourth-order valence-corrected chi connectivity index (χ4v) is 3.47. The number of hydrazine groups is 1. The molecule has 2 N–H and O–H groups in total. The molecule has 0 aliphatic carbocycles. The first-order valence-electron chi connectivity index (χ1n) is 7.05. The third-order valence-corrected chi connectivity index (χ3v) is 4.93. The second kappa shape index (κ2) is 7.78. The normalized spacial score (nSPS) is 11.1. The molecule has 2 aromatic rings. The first-order valence-corrected chi connectivity index (χ1v) is 9.32. The molecule has 0 saturated carbocycles. The van der Waals surface area contributed by atoms with Gasteiger partial charge in [0, 0.05) is 4.47 Å². The number of halogens is 1. The number of aryl methyl sites for hydroxylation is 2. The summed E-state index contributed by atoms with van der Waals surface area (Å²) in [7, 11) is -3.84. The molecule has 0 heterocycles. The maximum Gasteiger partial charge on any atom is 0.272 e. The molecule has 6 nitrogen and oxygen atoms in total. The highest BCUT2D eigenvalue weighted by Crippen LogP contribution is 2.22. The molecule has 0 bridgehead atoms. The lowest BCUT2D eigenvalue weighted by atomic mass is 10.1. The molecule has 0 unspecified atom stereocenters. The molecule has 128 valence electrons. The summed E-state index contributed by atoms with van der Waals surface area (Å²) < 4.78 is 30.3. The van der Waals surface area contributed by atoms with E-state index in [0.29, 0.717) is 10.2 Å². The van der Waals surface area contributed by atoms with Crippen LogP contribution in [0.1, 0.15) is 11.1 Å². The van der Waals surface area contributed by atoms with Gasteiger partial charge in [0.1, 0.15) is 5.75 Å². The zero-order valence-electron chi connectivity index (χ0n) is 13.2. The fraction of sp³-hybridized carbons (Fsp3) is 0.188. The molecule has 0 aromatic heterocycles. The van der Waals surface area contributed by atoms with E-state index < -0.39 is 15.9 Å². The summed E-state index contributed by atoms with van der Waals surface area (Å²) in [6, 6.07) is 11.8. The number of hydrogen-bond donors (Lipinski definition) is 2. The van der Waals surface area contributed by atoms with E-state index in [1.165, 1.54) is 12.1 Å². The van der Waals surface area contributed by atoms with Crippen molar-refractivity contribution in [1.29, 1.82) is 0 Å². The van der Waals surface area contributed by atoms with Crippen LogP contribution in [-0.2, 0) is 14.8 Å². The van der Waals surface area contributed by atoms with E-state index in [4.69, 9.17) is 4.74 Å². The number of nitrogens with one attached hydrogen (secondary N) is 2. The SMILES string of the molecule is Cc1cccc(C)c1OCC(=O)NNS(=O)(=O)c1cccc(Br)c1. The number of carbonyl (C=O) groups excluding carboxylic acids is 1. The van der Waals surface area contributed by atoms with E-state index in [-0.39, 0.29) is 11.5 Å². The van der Waals surface area contributed by atoms with Gasteiger partial charge in [-0.25, -0.2) is 8.42 Å². The van der Waals surface area contributed by atoms with Crippen LogP contribution in [0.15, 0.2) is 51.8 Å². The number of hydrogen-bond acceptors (Lipinski definition) is 4. The zero-order chi connectivity index (χ0) is 17.7. The minimum atomic E-state index is -3.84. The fourth-order valence-electron chi connectivity index (χ4n) is 2.02. The van der Waals surface area contributed by atoms with Gasteiger partial charge in [-0.2, -0.15) is 0 Å². The van der Waals surface area contributed by atoms with Crippen LogP contribution in [0.3, 0.4) is 0 Å². The molecule has 0 atom stereocenters. The first-order chi connectivity index (χ1) is 11.3. The number of benzene rings is 2. The molecule has 0 saturated heterocycles. The van der Waals surface area contributed by atoms with Crippen LogP contribution < -0.4 is 15.0 Å². The average Bonchev–Trinajstić information content (AvgIpc) is 2.52. The Kier molecular flexibility index (Phi) is 5.98. The van der Waals surface area contributed by atoms with Gasteiger partial charge in [-0.15, -0.1) is 4.83 Å². The molecule has 24 heavy (non-hydrogen) atoms. The van der Waals surface area contributed by atoms with Gasteiger partial charge in [0.15, 0.2) is 6.61 Å². The minimum Gasteiger partial charge on any atom is -0.483 e. The topological polar surface area (TPSA) is 84.5 Å². The van der Waals surface area contributed by atoms with E-state index in [1.807, 2.05) is 36.9 Å². The van der Waals surface area contributed by atoms with Crippen molar-refractivity contribution >= 4 is 31.9 Å². The van der Waals surface area contributed by atoms with E-state index in [2.05, 4.69) is 21.4 Å². The number of para-hydroxylation sites is 1. The summed E-state index contributed by atoms with van der Waals surface area (Å²) in [5.41, 5.74) is 3.93. The van der Waals surface area contributed by atoms with Crippen molar-refractivity contribution in [3.05, 3.63) is 58.1 Å². The molecule has 0 fully saturated rings. The lowest BCUT2D eigenvalue weighted by Crippen LogP contribution is -2.43. The van der Waals surface area contributed by atoms with Crippen molar-refractivity contribution in [1.82, 2.24) is 10.3 Å². The van der Waals surface area contributed by atoms with Crippen molar-refractivity contribution in [2.24, 2.45) is 0 Å². The van der Waals surface area contributed by atoms with Crippen LogP contribution in [0.2, 0.25) is 0 Å². The highest BCUT2D eigenvalue weighted by atomic mass is 79.9. The Hall–Kier alpha value is -1.90. The predicted molar refractivity (Wildman–Crippen MR) is 94.0 cm³/mol. The van der Waals surface area contributed by atoms with Gasteiger partial charge < -0.3 is 4.74 Å². The monoisotopic (exact) mass is 412 g/mol. The van der Waals surface area contributed by atoms with E-state index in [9.17, 15) is 13.2 Å². The molecule has 0 aliphatic heterocycles. The largest absolute Gasteiger partial charge is 0.483 e. The van der Waals surface area contributed by atoms with Crippen molar-refractivity contribution in [3.63, 3.8) is 0 Å². The molecule has 0 radical (unpaired) electrons. The summed E-state index contributed by atoms with van der Waals surface area (Å²) in [5.74, 6) is 0.0127. The summed E-state index contributed by atoms with van der Waals surface area (Å²) in [6.45, 7) is 3.44. The Bertz CT molecular complexity index is 833. The highest BCUT2D eigenvalue weighted by molar-refractivity contribution is 9.10. The van der Waals surface area contributed by atoms with Gasteiger partial charge in [0.05, 0.1) is 4.90 Å². The van der Waals surface area contributed by atoms with E-state index in [0.717, 1.165) is 11.1 Å². The molecule has 2 aromatic carbocycles. The minimum absolute atomic E-state index is 0.0350. The second-order valence-electron chi connectivity index (χ2n) is 5.12. The molecule has 0 spiro atoms. The Morgan fingerprint density at radius 1 is 1.12 bits per heavy atom. The van der Waals surface area contributed by atoms with Gasteiger partial charge >= 0.3 is 0 Å². The smallest absolute Gasteiger partial charge is 0.272 e. The van der Waals surface area contributed by atoms with Gasteiger partial charge in [0.25, 0.3) is 15.9 Å². The van der Waals surface area contributed by atoms with Crippen molar-refractivity contribution in [2.75, 3.05) is 6.61 Å². The number of ether oxygens (including phenoxy) is 1. The van der Waals surface area contributed by atoms with Gasteiger partial charge in [-0.3, -0.25) is 10.2 Å². The number of carbonyl (C=O) groups is 1. The molecule has 1 amide bonds. The third kappa shape index (κ3) is 4.80. The molecule has 0 aliphatic rings. The van der Waals surface area contributed by atoms with Crippen LogP contribution in [0, 0.1) is 13.8 Å². The van der Waals surface area contributed by atoms with E-state index in [1.54, 1.807) is 12.1 Å². The standard InChI is InChI=1S/C16H17BrN2O4S/c1-11-5-3-6-12(2)16(11)23-10-15(20)18-19-24(21,22)14-8-4-7-13(17)9-14/h3-9,19H,10H2,1-2H3,(H,18,20). The van der Waals surface area contributed by atoms with Gasteiger partial charge in [0.2, 0.25) is 0 Å². The van der Waals surface area contributed by atoms with Crippen LogP contribution in [0.5, 0.6) is 5.75 Å². The third-order valence-electron chi connectivity index (χ3n) is 3.19. The Labute approximate surface area is 149 Å². The molecule has 2 rings (SSSR count). The molecular formula is C16H17BrN2O4S. The second-order valence-corrected chi connectivity index (χ2v) is 7.72. The summed E-state index contributed by atoms with van der Waals surface area (Å²) >= 11 is 3.20. The zero-order valence-corrected chi connectivity index (χ0v) is 15.6. The quantitative estimate of drug-likeness (QED) is 0.713. The summed E-state index contributed by atoms with van der Waals surface area (Å²) in [5, 5.41) is 0.